The molecular formula is C16H20N2O6. The van der Waals surface area contributed by atoms with Gasteiger partial charge in [-0.15, -0.1) is 0 Å². The first-order chi connectivity index (χ1) is 11.6. The Morgan fingerprint density at radius 2 is 1.75 bits per heavy atom. The molecule has 0 radical (unpaired) electrons. The van der Waals surface area contributed by atoms with Crippen LogP contribution in [0, 0.1) is 11.3 Å². The highest BCUT2D eigenvalue weighted by Crippen LogP contribution is 2.49. The molecule has 1 heterocycles. The average molecular weight is 336 g/mol. The van der Waals surface area contributed by atoms with Crippen LogP contribution in [0.4, 0.5) is 0 Å². The van der Waals surface area contributed by atoms with Gasteiger partial charge in [-0.25, -0.2) is 0 Å². The maximum Gasteiger partial charge on any atom is 0.256 e. The van der Waals surface area contributed by atoms with E-state index in [0.29, 0.717) is 28.4 Å². The Bertz CT molecular complexity index is 666. The molecule has 130 valence electrons. The lowest BCUT2D eigenvalue weighted by atomic mass is 10.0. The van der Waals surface area contributed by atoms with Crippen molar-refractivity contribution in [1.29, 1.82) is 5.26 Å². The minimum atomic E-state index is -0.838. The molecule has 1 aliphatic rings. The number of hydrogen-bond acceptors (Lipinski definition) is 7. The predicted octanol–water partition coefficient (Wildman–Crippen LogP) is 1.35. The van der Waals surface area contributed by atoms with Crippen molar-refractivity contribution in [2.45, 2.75) is 12.3 Å². The summed E-state index contributed by atoms with van der Waals surface area (Å²) in [5.41, 5.74) is 0.788. The Hall–Kier alpha value is -2.50. The molecule has 1 aromatic rings. The van der Waals surface area contributed by atoms with Crippen molar-refractivity contribution in [1.82, 2.24) is 4.90 Å². The first kappa shape index (κ1) is 17.8. The molecule has 8 heteroatoms. The molecule has 1 unspecified atom stereocenters. The molecule has 0 spiro atoms. The quantitative estimate of drug-likeness (QED) is 0.694. The van der Waals surface area contributed by atoms with Crippen molar-refractivity contribution in [2.75, 3.05) is 42.1 Å². The molecule has 24 heavy (non-hydrogen) atoms. The molecule has 2 rings (SSSR count). The maximum absolute atomic E-state index is 12.8. The van der Waals surface area contributed by atoms with Crippen molar-refractivity contribution in [3.8, 4) is 23.3 Å². The molecular weight excluding hydrogens is 316 g/mol. The van der Waals surface area contributed by atoms with Gasteiger partial charge in [-0.3, -0.25) is 4.79 Å². The largest absolute Gasteiger partial charge is 0.493 e. The summed E-state index contributed by atoms with van der Waals surface area (Å²) in [7, 11) is 7.32. The van der Waals surface area contributed by atoms with E-state index in [1.54, 1.807) is 6.07 Å². The van der Waals surface area contributed by atoms with Crippen molar-refractivity contribution in [3.05, 3.63) is 17.2 Å². The molecule has 0 N–H and O–H groups in total. The number of hydrogen-bond donors (Lipinski definition) is 0. The molecule has 1 aromatic carbocycles. The van der Waals surface area contributed by atoms with Crippen LogP contribution in [0.15, 0.2) is 6.07 Å². The second-order valence-corrected chi connectivity index (χ2v) is 5.00. The van der Waals surface area contributed by atoms with E-state index in [0.717, 1.165) is 0 Å². The number of methoxy groups -OCH3 is 5. The van der Waals surface area contributed by atoms with Crippen LogP contribution >= 0.6 is 0 Å². The fourth-order valence-electron chi connectivity index (χ4n) is 2.78. The van der Waals surface area contributed by atoms with Gasteiger partial charge in [0.2, 0.25) is 5.75 Å². The standard InChI is InChI=1S/C16H20N2O6/c1-20-11-6-9-13(15(24-5)14(11)23-4)10(7-17)18(16(9)19)8-12(21-2)22-3/h6,10,12H,8H2,1-5H3. The molecule has 8 nitrogen and oxygen atoms in total. The first-order valence-corrected chi connectivity index (χ1v) is 7.16. The third kappa shape index (κ3) is 2.72. The third-order valence-corrected chi connectivity index (χ3v) is 3.94. The average Bonchev–Trinajstić information content (AvgIpc) is 2.88. The van der Waals surface area contributed by atoms with Gasteiger partial charge in [-0.1, -0.05) is 0 Å². The van der Waals surface area contributed by atoms with Gasteiger partial charge in [0.1, 0.15) is 6.04 Å². The zero-order valence-electron chi connectivity index (χ0n) is 14.3. The van der Waals surface area contributed by atoms with E-state index >= 15 is 0 Å². The van der Waals surface area contributed by atoms with Gasteiger partial charge in [-0.2, -0.15) is 5.26 Å². The molecule has 0 fully saturated rings. The van der Waals surface area contributed by atoms with Crippen molar-refractivity contribution in [2.24, 2.45) is 0 Å². The summed E-state index contributed by atoms with van der Waals surface area (Å²) >= 11 is 0. The highest BCUT2D eigenvalue weighted by Gasteiger charge is 2.42. The number of carbonyl (C=O) groups is 1. The third-order valence-electron chi connectivity index (χ3n) is 3.94. The minimum Gasteiger partial charge on any atom is -0.493 e. The second kappa shape index (κ2) is 7.38. The van der Waals surface area contributed by atoms with Crippen molar-refractivity contribution < 1.29 is 28.5 Å². The van der Waals surface area contributed by atoms with E-state index in [9.17, 15) is 10.1 Å². The van der Waals surface area contributed by atoms with E-state index in [2.05, 4.69) is 6.07 Å². The van der Waals surface area contributed by atoms with Gasteiger partial charge < -0.3 is 28.6 Å². The highest BCUT2D eigenvalue weighted by molar-refractivity contribution is 6.01. The molecule has 0 aromatic heterocycles. The normalized spacial score (nSPS) is 16.1. The summed E-state index contributed by atoms with van der Waals surface area (Å²) in [6.07, 6.45) is -0.645. The van der Waals surface area contributed by atoms with Crippen molar-refractivity contribution in [3.63, 3.8) is 0 Å². The Labute approximate surface area is 140 Å². The molecule has 0 saturated heterocycles. The van der Waals surface area contributed by atoms with Crippen LogP contribution < -0.4 is 14.2 Å². The smallest absolute Gasteiger partial charge is 0.256 e. The van der Waals surface area contributed by atoms with Gasteiger partial charge >= 0.3 is 0 Å². The predicted molar refractivity (Wildman–Crippen MR) is 83.3 cm³/mol. The molecule has 0 bridgehead atoms. The molecule has 0 saturated carbocycles. The fraction of sp³-hybridized carbons (Fsp3) is 0.500. The molecule has 1 aliphatic heterocycles. The zero-order chi connectivity index (χ0) is 17.9. The summed E-state index contributed by atoms with van der Waals surface area (Å²) in [5.74, 6) is 0.675. The molecule has 0 aliphatic carbocycles. The van der Waals surface area contributed by atoms with Crippen LogP contribution in [-0.2, 0) is 9.47 Å². The van der Waals surface area contributed by atoms with Crippen LogP contribution in [0.3, 0.4) is 0 Å². The maximum atomic E-state index is 12.8. The summed E-state index contributed by atoms with van der Waals surface area (Å²) < 4.78 is 26.3. The van der Waals surface area contributed by atoms with Crippen LogP contribution in [0.5, 0.6) is 17.2 Å². The van der Waals surface area contributed by atoms with Crippen LogP contribution in [0.1, 0.15) is 22.0 Å². The number of carbonyl (C=O) groups excluding carboxylic acids is 1. The Balaban J connectivity index is 2.59. The van der Waals surface area contributed by atoms with E-state index < -0.39 is 12.3 Å². The van der Waals surface area contributed by atoms with E-state index in [1.165, 1.54) is 40.4 Å². The zero-order valence-corrected chi connectivity index (χ0v) is 14.3. The van der Waals surface area contributed by atoms with E-state index in [4.69, 9.17) is 23.7 Å². The van der Waals surface area contributed by atoms with Gasteiger partial charge in [0, 0.05) is 19.8 Å². The summed E-state index contributed by atoms with van der Waals surface area (Å²) in [4.78, 5) is 14.2. The number of benzene rings is 1. The number of ether oxygens (including phenoxy) is 5. The number of nitriles is 1. The van der Waals surface area contributed by atoms with Crippen LogP contribution in [-0.4, -0.2) is 59.2 Å². The lowest BCUT2D eigenvalue weighted by Gasteiger charge is -2.24. The minimum absolute atomic E-state index is 0.104. The van der Waals surface area contributed by atoms with E-state index in [1.807, 2.05) is 0 Å². The Morgan fingerprint density at radius 3 is 2.21 bits per heavy atom. The summed E-state index contributed by atoms with van der Waals surface area (Å²) in [5, 5.41) is 9.62. The summed E-state index contributed by atoms with van der Waals surface area (Å²) in [6, 6.07) is 2.85. The van der Waals surface area contributed by atoms with Crippen LogP contribution in [0.25, 0.3) is 0 Å². The summed E-state index contributed by atoms with van der Waals surface area (Å²) in [6.45, 7) is 0.104. The number of rotatable bonds is 7. The monoisotopic (exact) mass is 336 g/mol. The Kier molecular flexibility index (Phi) is 5.49. The molecule has 1 amide bonds. The highest BCUT2D eigenvalue weighted by atomic mass is 16.7. The number of nitrogens with zero attached hydrogens (tertiary/aromatic N) is 2. The van der Waals surface area contributed by atoms with Crippen molar-refractivity contribution >= 4 is 5.91 Å². The SMILES string of the molecule is COc1cc2c(c(OC)c1OC)C(C#N)N(CC(OC)OC)C2=O. The van der Waals surface area contributed by atoms with Gasteiger partial charge in [0.05, 0.1) is 39.5 Å². The fourth-order valence-corrected chi connectivity index (χ4v) is 2.78. The first-order valence-electron chi connectivity index (χ1n) is 7.16. The Morgan fingerprint density at radius 1 is 1.12 bits per heavy atom. The van der Waals surface area contributed by atoms with E-state index in [-0.39, 0.29) is 12.5 Å². The lowest BCUT2D eigenvalue weighted by Crippen LogP contribution is -2.36. The molecule has 1 atom stereocenters. The number of fused-ring (bicyclic) bond motifs is 1. The van der Waals surface area contributed by atoms with Gasteiger partial charge in [0.25, 0.3) is 5.91 Å². The topological polar surface area (TPSA) is 90.2 Å². The number of amides is 1. The van der Waals surface area contributed by atoms with Gasteiger partial charge in [0.15, 0.2) is 17.8 Å². The van der Waals surface area contributed by atoms with Crippen LogP contribution in [0.2, 0.25) is 0 Å². The lowest BCUT2D eigenvalue weighted by molar-refractivity contribution is -0.113. The second-order valence-electron chi connectivity index (χ2n) is 5.00. The van der Waals surface area contributed by atoms with Gasteiger partial charge in [-0.05, 0) is 6.07 Å².